The van der Waals surface area contributed by atoms with E-state index < -0.39 is 10.0 Å². The normalized spacial score (nSPS) is 11.0. The van der Waals surface area contributed by atoms with E-state index in [1.54, 1.807) is 6.07 Å². The third-order valence-corrected chi connectivity index (χ3v) is 3.56. The van der Waals surface area contributed by atoms with E-state index in [9.17, 15) is 8.42 Å². The maximum Gasteiger partial charge on any atom is 0.263 e. The minimum Gasteiger partial charge on any atom is -0.370 e. The van der Waals surface area contributed by atoms with Gasteiger partial charge in [0.15, 0.2) is 5.82 Å². The van der Waals surface area contributed by atoms with Crippen LogP contribution in [0.25, 0.3) is 0 Å². The SMILES string of the molecule is CCNc1cc(S(=O)(=O)Nc2cccnn2)ccn1. The minimum atomic E-state index is -3.69. The number of nitrogens with zero attached hydrogens (tertiary/aromatic N) is 3. The fraction of sp³-hybridized carbons (Fsp3) is 0.182. The molecule has 0 spiro atoms. The first kappa shape index (κ1) is 13.2. The lowest BCUT2D eigenvalue weighted by atomic mass is 10.4. The molecule has 2 aromatic heterocycles. The minimum absolute atomic E-state index is 0.115. The van der Waals surface area contributed by atoms with Gasteiger partial charge in [0.1, 0.15) is 5.82 Å². The number of sulfonamides is 1. The predicted molar refractivity (Wildman–Crippen MR) is 71.2 cm³/mol. The lowest BCUT2D eigenvalue weighted by Gasteiger charge is -2.08. The maximum absolute atomic E-state index is 12.1. The van der Waals surface area contributed by atoms with E-state index in [-0.39, 0.29) is 10.7 Å². The molecule has 19 heavy (non-hydrogen) atoms. The van der Waals surface area contributed by atoms with Gasteiger partial charge in [0, 0.05) is 25.0 Å². The molecule has 0 unspecified atom stereocenters. The smallest absolute Gasteiger partial charge is 0.263 e. The Morgan fingerprint density at radius 2 is 2.05 bits per heavy atom. The molecule has 0 radical (unpaired) electrons. The second-order valence-corrected chi connectivity index (χ2v) is 5.30. The number of hydrogen-bond donors (Lipinski definition) is 2. The number of aromatic nitrogens is 3. The molecule has 2 heterocycles. The van der Waals surface area contributed by atoms with Crippen LogP contribution in [-0.4, -0.2) is 30.1 Å². The first-order valence-electron chi connectivity index (χ1n) is 5.62. The number of pyridine rings is 1. The maximum atomic E-state index is 12.1. The van der Waals surface area contributed by atoms with Crippen molar-refractivity contribution in [3.63, 3.8) is 0 Å². The lowest BCUT2D eigenvalue weighted by Crippen LogP contribution is -2.14. The lowest BCUT2D eigenvalue weighted by molar-refractivity contribution is 0.601. The summed E-state index contributed by atoms with van der Waals surface area (Å²) in [5, 5.41) is 10.2. The van der Waals surface area contributed by atoms with Gasteiger partial charge >= 0.3 is 0 Å². The Morgan fingerprint density at radius 1 is 1.21 bits per heavy atom. The Morgan fingerprint density at radius 3 is 2.74 bits per heavy atom. The molecule has 100 valence electrons. The molecule has 0 aromatic carbocycles. The Hall–Kier alpha value is -2.22. The van der Waals surface area contributed by atoms with Gasteiger partial charge in [-0.05, 0) is 25.1 Å². The fourth-order valence-electron chi connectivity index (χ4n) is 1.41. The van der Waals surface area contributed by atoms with Gasteiger partial charge < -0.3 is 5.32 Å². The summed E-state index contributed by atoms with van der Waals surface area (Å²) >= 11 is 0. The van der Waals surface area contributed by atoms with E-state index in [1.165, 1.54) is 30.6 Å². The highest BCUT2D eigenvalue weighted by atomic mass is 32.2. The van der Waals surface area contributed by atoms with Gasteiger partial charge in [-0.3, -0.25) is 4.72 Å². The molecule has 0 aliphatic heterocycles. The monoisotopic (exact) mass is 279 g/mol. The molecule has 0 saturated carbocycles. The molecule has 2 N–H and O–H groups in total. The Bertz CT molecular complexity index is 645. The number of anilines is 2. The van der Waals surface area contributed by atoms with Crippen molar-refractivity contribution in [2.45, 2.75) is 11.8 Å². The van der Waals surface area contributed by atoms with Crippen molar-refractivity contribution in [1.82, 2.24) is 15.2 Å². The van der Waals surface area contributed by atoms with E-state index in [0.717, 1.165) is 0 Å². The summed E-state index contributed by atoms with van der Waals surface area (Å²) in [6, 6.07) is 6.00. The topological polar surface area (TPSA) is 96.9 Å². The van der Waals surface area contributed by atoms with Gasteiger partial charge in [0.2, 0.25) is 0 Å². The second-order valence-electron chi connectivity index (χ2n) is 3.62. The number of hydrogen-bond acceptors (Lipinski definition) is 6. The van der Waals surface area contributed by atoms with Crippen molar-refractivity contribution in [3.8, 4) is 0 Å². The van der Waals surface area contributed by atoms with Gasteiger partial charge in [0.25, 0.3) is 10.0 Å². The predicted octanol–water partition coefficient (Wildman–Crippen LogP) is 1.10. The van der Waals surface area contributed by atoms with Crippen molar-refractivity contribution in [2.24, 2.45) is 0 Å². The van der Waals surface area contributed by atoms with E-state index >= 15 is 0 Å². The van der Waals surface area contributed by atoms with Crippen molar-refractivity contribution in [1.29, 1.82) is 0 Å². The van der Waals surface area contributed by atoms with Crippen LogP contribution in [0.3, 0.4) is 0 Å². The largest absolute Gasteiger partial charge is 0.370 e. The summed E-state index contributed by atoms with van der Waals surface area (Å²) in [5.41, 5.74) is 0. The van der Waals surface area contributed by atoms with Gasteiger partial charge in [-0.1, -0.05) is 0 Å². The van der Waals surface area contributed by atoms with E-state index in [4.69, 9.17) is 0 Å². The summed E-state index contributed by atoms with van der Waals surface area (Å²) in [6.45, 7) is 2.56. The summed E-state index contributed by atoms with van der Waals surface area (Å²) in [5.74, 6) is 0.675. The zero-order valence-corrected chi connectivity index (χ0v) is 11.1. The zero-order valence-electron chi connectivity index (χ0n) is 10.2. The van der Waals surface area contributed by atoms with Crippen LogP contribution in [0.4, 0.5) is 11.6 Å². The Kier molecular flexibility index (Phi) is 3.91. The molecule has 2 rings (SSSR count). The summed E-state index contributed by atoms with van der Waals surface area (Å²) in [7, 11) is -3.69. The van der Waals surface area contributed by atoms with Crippen LogP contribution in [0, 0.1) is 0 Å². The average molecular weight is 279 g/mol. The van der Waals surface area contributed by atoms with Crippen LogP contribution in [-0.2, 0) is 10.0 Å². The van der Waals surface area contributed by atoms with Gasteiger partial charge in [-0.25, -0.2) is 13.4 Å². The van der Waals surface area contributed by atoms with Crippen molar-refractivity contribution >= 4 is 21.7 Å². The quantitative estimate of drug-likeness (QED) is 0.850. The van der Waals surface area contributed by atoms with Crippen LogP contribution >= 0.6 is 0 Å². The third-order valence-electron chi connectivity index (χ3n) is 2.21. The van der Waals surface area contributed by atoms with Crippen LogP contribution in [0.5, 0.6) is 0 Å². The molecule has 0 aliphatic carbocycles. The molecule has 0 atom stereocenters. The Balaban J connectivity index is 2.27. The first-order valence-corrected chi connectivity index (χ1v) is 7.10. The van der Waals surface area contributed by atoms with Crippen LogP contribution in [0.1, 0.15) is 6.92 Å². The molecule has 0 amide bonds. The molecule has 0 aliphatic rings. The highest BCUT2D eigenvalue weighted by Crippen LogP contribution is 2.15. The molecular weight excluding hydrogens is 266 g/mol. The first-order chi connectivity index (χ1) is 9.12. The summed E-state index contributed by atoms with van der Waals surface area (Å²) in [6.07, 6.45) is 2.90. The number of nitrogens with one attached hydrogen (secondary N) is 2. The molecule has 7 nitrogen and oxygen atoms in total. The molecule has 2 aromatic rings. The van der Waals surface area contributed by atoms with Gasteiger partial charge in [-0.15, -0.1) is 5.10 Å². The molecule has 0 fully saturated rings. The Labute approximate surface area is 111 Å². The summed E-state index contributed by atoms with van der Waals surface area (Å²) < 4.78 is 26.6. The zero-order chi connectivity index (χ0) is 13.7. The van der Waals surface area contributed by atoms with E-state index in [1.807, 2.05) is 6.92 Å². The molecular formula is C11H13N5O2S. The van der Waals surface area contributed by atoms with Gasteiger partial charge in [0.05, 0.1) is 4.90 Å². The molecule has 8 heteroatoms. The van der Waals surface area contributed by atoms with E-state index in [0.29, 0.717) is 12.4 Å². The number of rotatable bonds is 5. The molecule has 0 bridgehead atoms. The van der Waals surface area contributed by atoms with E-state index in [2.05, 4.69) is 25.2 Å². The van der Waals surface area contributed by atoms with Crippen LogP contribution in [0.15, 0.2) is 41.6 Å². The standard InChI is InChI=1S/C11H13N5O2S/c1-2-12-11-8-9(5-7-13-11)19(17,18)16-10-4-3-6-14-15-10/h3-8H,2H2,1H3,(H,12,13)(H,15,16). The highest BCUT2D eigenvalue weighted by molar-refractivity contribution is 7.92. The van der Waals surface area contributed by atoms with Crippen LogP contribution in [0.2, 0.25) is 0 Å². The average Bonchev–Trinajstić information content (AvgIpc) is 2.40. The van der Waals surface area contributed by atoms with Crippen molar-refractivity contribution in [3.05, 3.63) is 36.7 Å². The molecule has 0 saturated heterocycles. The van der Waals surface area contributed by atoms with Gasteiger partial charge in [-0.2, -0.15) is 5.10 Å². The third kappa shape index (κ3) is 3.38. The van der Waals surface area contributed by atoms with Crippen molar-refractivity contribution in [2.75, 3.05) is 16.6 Å². The summed E-state index contributed by atoms with van der Waals surface area (Å²) in [4.78, 5) is 4.13. The highest BCUT2D eigenvalue weighted by Gasteiger charge is 2.15. The van der Waals surface area contributed by atoms with Crippen LogP contribution < -0.4 is 10.0 Å². The van der Waals surface area contributed by atoms with Crippen molar-refractivity contribution < 1.29 is 8.42 Å². The second kappa shape index (κ2) is 5.61. The fourth-order valence-corrected chi connectivity index (χ4v) is 2.42.